The second kappa shape index (κ2) is 10.4. The van der Waals surface area contributed by atoms with Crippen molar-refractivity contribution in [2.45, 2.75) is 26.7 Å². The molecule has 0 fully saturated rings. The average Bonchev–Trinajstić information content (AvgIpc) is 2.64. The lowest BCUT2D eigenvalue weighted by atomic mass is 10.2. The maximum absolute atomic E-state index is 11.7. The Balaban J connectivity index is 1.61. The molecule has 0 aromatic heterocycles. The highest BCUT2D eigenvalue weighted by Gasteiger charge is 2.06. The summed E-state index contributed by atoms with van der Waals surface area (Å²) in [5.74, 6) is 0.353. The van der Waals surface area contributed by atoms with Gasteiger partial charge in [0.1, 0.15) is 5.75 Å². The number of hydrogen-bond donors (Lipinski definition) is 0. The molecule has 2 rings (SSSR count). The number of para-hydroxylation sites is 1. The molecule has 0 atom stereocenters. The quantitative estimate of drug-likeness (QED) is 0.479. The topological polar surface area (TPSA) is 38.8 Å². The zero-order valence-corrected chi connectivity index (χ0v) is 15.1. The molecule has 2 aromatic carbocycles. The minimum atomic E-state index is -0.324. The maximum atomic E-state index is 11.7. The number of carbonyl (C=O) groups excluding carboxylic acids is 1. The molecule has 0 saturated heterocycles. The Hall–Kier alpha value is -2.49. The summed E-state index contributed by atoms with van der Waals surface area (Å²) in [6.45, 7) is 6.57. The number of rotatable bonds is 10. The van der Waals surface area contributed by atoms with Gasteiger partial charge in [0.05, 0.1) is 6.61 Å². The Bertz CT molecular complexity index is 643. The van der Waals surface area contributed by atoms with Gasteiger partial charge >= 0.3 is 5.97 Å². The first kappa shape index (κ1) is 18.8. The number of aryl methyl sites for hydroxylation is 1. The average molecular weight is 341 g/mol. The van der Waals surface area contributed by atoms with Gasteiger partial charge < -0.3 is 14.4 Å². The van der Waals surface area contributed by atoms with Gasteiger partial charge in [-0.1, -0.05) is 30.3 Å². The first-order chi connectivity index (χ1) is 12.2. The van der Waals surface area contributed by atoms with E-state index in [2.05, 4.69) is 43.0 Å². The van der Waals surface area contributed by atoms with Gasteiger partial charge in [-0.3, -0.25) is 0 Å². The zero-order chi connectivity index (χ0) is 17.9. The standard InChI is InChI=1S/C21H27NO3/c1-3-22(19-11-9-10-18(2)16-19)14-7-8-15-24-21(23)17-25-20-12-5-4-6-13-20/h4-6,9-13,16H,3,7-8,14-15,17H2,1-2H3. The molecular weight excluding hydrogens is 314 g/mol. The molecule has 134 valence electrons. The van der Waals surface area contributed by atoms with Gasteiger partial charge in [-0.05, 0) is 56.5 Å². The minimum Gasteiger partial charge on any atom is -0.482 e. The van der Waals surface area contributed by atoms with Crippen LogP contribution in [0.25, 0.3) is 0 Å². The third-order valence-corrected chi connectivity index (χ3v) is 3.93. The van der Waals surface area contributed by atoms with Gasteiger partial charge in [-0.25, -0.2) is 4.79 Å². The predicted molar refractivity (Wildman–Crippen MR) is 101 cm³/mol. The van der Waals surface area contributed by atoms with E-state index in [0.29, 0.717) is 12.4 Å². The maximum Gasteiger partial charge on any atom is 0.344 e. The van der Waals surface area contributed by atoms with Crippen LogP contribution < -0.4 is 9.64 Å². The van der Waals surface area contributed by atoms with E-state index in [-0.39, 0.29) is 12.6 Å². The van der Waals surface area contributed by atoms with Crippen LogP contribution in [-0.4, -0.2) is 32.3 Å². The van der Waals surface area contributed by atoms with Crippen molar-refractivity contribution in [3.63, 3.8) is 0 Å². The Morgan fingerprint density at radius 2 is 1.84 bits per heavy atom. The number of ether oxygens (including phenoxy) is 2. The second-order valence-electron chi connectivity index (χ2n) is 5.95. The summed E-state index contributed by atoms with van der Waals surface area (Å²) < 4.78 is 10.6. The molecule has 0 aliphatic heterocycles. The number of carbonyl (C=O) groups is 1. The lowest BCUT2D eigenvalue weighted by Gasteiger charge is -2.23. The molecule has 4 nitrogen and oxygen atoms in total. The van der Waals surface area contributed by atoms with E-state index in [1.807, 2.05) is 30.3 Å². The zero-order valence-electron chi connectivity index (χ0n) is 15.1. The first-order valence-electron chi connectivity index (χ1n) is 8.84. The molecule has 2 aromatic rings. The lowest BCUT2D eigenvalue weighted by molar-refractivity contribution is -0.146. The summed E-state index contributed by atoms with van der Waals surface area (Å²) in [5.41, 5.74) is 2.51. The van der Waals surface area contributed by atoms with Crippen LogP contribution in [0.5, 0.6) is 5.75 Å². The molecule has 0 spiro atoms. The highest BCUT2D eigenvalue weighted by Crippen LogP contribution is 2.16. The molecule has 0 amide bonds. The minimum absolute atomic E-state index is 0.0472. The van der Waals surface area contributed by atoms with Gasteiger partial charge in [0.2, 0.25) is 0 Å². The van der Waals surface area contributed by atoms with Crippen LogP contribution in [0.3, 0.4) is 0 Å². The van der Waals surface area contributed by atoms with Crippen molar-refractivity contribution in [3.8, 4) is 5.75 Å². The van der Waals surface area contributed by atoms with Gasteiger partial charge in [0, 0.05) is 18.8 Å². The van der Waals surface area contributed by atoms with Crippen molar-refractivity contribution in [1.82, 2.24) is 0 Å². The summed E-state index contributed by atoms with van der Waals surface area (Å²) in [7, 11) is 0. The summed E-state index contributed by atoms with van der Waals surface area (Å²) in [5, 5.41) is 0. The van der Waals surface area contributed by atoms with E-state index in [4.69, 9.17) is 9.47 Å². The first-order valence-corrected chi connectivity index (χ1v) is 8.84. The highest BCUT2D eigenvalue weighted by molar-refractivity contribution is 5.71. The monoisotopic (exact) mass is 341 g/mol. The van der Waals surface area contributed by atoms with E-state index in [9.17, 15) is 4.79 Å². The number of hydrogen-bond acceptors (Lipinski definition) is 4. The SMILES string of the molecule is CCN(CCCCOC(=O)COc1ccccc1)c1cccc(C)c1. The van der Waals surface area contributed by atoms with Crippen LogP contribution in [-0.2, 0) is 9.53 Å². The molecular formula is C21H27NO3. The van der Waals surface area contributed by atoms with Gasteiger partial charge in [-0.15, -0.1) is 0 Å². The van der Waals surface area contributed by atoms with Crippen LogP contribution >= 0.6 is 0 Å². The van der Waals surface area contributed by atoms with Gasteiger partial charge in [0.25, 0.3) is 0 Å². The Morgan fingerprint density at radius 1 is 1.04 bits per heavy atom. The number of unbranched alkanes of at least 4 members (excludes halogenated alkanes) is 1. The van der Waals surface area contributed by atoms with Crippen molar-refractivity contribution in [3.05, 3.63) is 60.2 Å². The third kappa shape index (κ3) is 6.87. The fourth-order valence-corrected chi connectivity index (χ4v) is 2.59. The van der Waals surface area contributed by atoms with Crippen LogP contribution in [0.1, 0.15) is 25.3 Å². The molecule has 0 heterocycles. The fourth-order valence-electron chi connectivity index (χ4n) is 2.59. The highest BCUT2D eigenvalue weighted by atomic mass is 16.6. The van der Waals surface area contributed by atoms with Gasteiger partial charge in [-0.2, -0.15) is 0 Å². The molecule has 0 radical (unpaired) electrons. The molecule has 0 aliphatic rings. The summed E-state index contributed by atoms with van der Waals surface area (Å²) in [4.78, 5) is 14.0. The largest absolute Gasteiger partial charge is 0.482 e. The summed E-state index contributed by atoms with van der Waals surface area (Å²) in [6, 6.07) is 17.8. The Morgan fingerprint density at radius 3 is 2.56 bits per heavy atom. The van der Waals surface area contributed by atoms with Gasteiger partial charge in [0.15, 0.2) is 6.61 Å². The number of nitrogens with zero attached hydrogens (tertiary/aromatic N) is 1. The van der Waals surface area contributed by atoms with Crippen LogP contribution in [0.15, 0.2) is 54.6 Å². The van der Waals surface area contributed by atoms with E-state index in [0.717, 1.165) is 25.9 Å². The van der Waals surface area contributed by atoms with E-state index in [1.165, 1.54) is 11.3 Å². The summed E-state index contributed by atoms with van der Waals surface area (Å²) >= 11 is 0. The molecule has 0 aliphatic carbocycles. The van der Waals surface area contributed by atoms with Crippen molar-refractivity contribution in [2.24, 2.45) is 0 Å². The molecule has 0 N–H and O–H groups in total. The molecule has 0 bridgehead atoms. The predicted octanol–water partition coefficient (Wildman–Crippen LogP) is 4.22. The van der Waals surface area contributed by atoms with E-state index in [1.54, 1.807) is 0 Å². The molecule has 0 unspecified atom stereocenters. The molecule has 4 heteroatoms. The smallest absolute Gasteiger partial charge is 0.344 e. The lowest BCUT2D eigenvalue weighted by Crippen LogP contribution is -2.24. The van der Waals surface area contributed by atoms with Crippen molar-refractivity contribution >= 4 is 11.7 Å². The van der Waals surface area contributed by atoms with Crippen molar-refractivity contribution in [2.75, 3.05) is 31.2 Å². The van der Waals surface area contributed by atoms with E-state index >= 15 is 0 Å². The van der Waals surface area contributed by atoms with Crippen LogP contribution in [0, 0.1) is 6.92 Å². The third-order valence-electron chi connectivity index (χ3n) is 3.93. The Kier molecular flexibility index (Phi) is 7.83. The fraction of sp³-hybridized carbons (Fsp3) is 0.381. The van der Waals surface area contributed by atoms with Crippen LogP contribution in [0.4, 0.5) is 5.69 Å². The molecule has 0 saturated carbocycles. The van der Waals surface area contributed by atoms with E-state index < -0.39 is 0 Å². The second-order valence-corrected chi connectivity index (χ2v) is 5.95. The summed E-state index contributed by atoms with van der Waals surface area (Å²) in [6.07, 6.45) is 1.83. The number of benzene rings is 2. The molecule has 25 heavy (non-hydrogen) atoms. The number of esters is 1. The Labute approximate surface area is 150 Å². The van der Waals surface area contributed by atoms with Crippen molar-refractivity contribution in [1.29, 1.82) is 0 Å². The number of anilines is 1. The van der Waals surface area contributed by atoms with Crippen LogP contribution in [0.2, 0.25) is 0 Å². The normalized spacial score (nSPS) is 10.3. The van der Waals surface area contributed by atoms with Crippen molar-refractivity contribution < 1.29 is 14.3 Å².